The number of ether oxygens (including phenoxy) is 1. The summed E-state index contributed by atoms with van der Waals surface area (Å²) in [5.41, 5.74) is 3.24. The van der Waals surface area contributed by atoms with Crippen LogP contribution in [0.4, 0.5) is 0 Å². The average molecular weight is 309 g/mol. The van der Waals surface area contributed by atoms with E-state index in [1.165, 1.54) is 0 Å². The van der Waals surface area contributed by atoms with E-state index in [0.717, 1.165) is 22.2 Å². The van der Waals surface area contributed by atoms with Gasteiger partial charge in [0.1, 0.15) is 18.4 Å². The minimum atomic E-state index is 0.377. The molecule has 22 heavy (non-hydrogen) atoms. The molecule has 1 aromatic heterocycles. The van der Waals surface area contributed by atoms with Gasteiger partial charge in [-0.25, -0.2) is 0 Å². The molecule has 0 aliphatic carbocycles. The van der Waals surface area contributed by atoms with Crippen molar-refractivity contribution in [3.63, 3.8) is 0 Å². The Kier molecular flexibility index (Phi) is 3.95. The monoisotopic (exact) mass is 308 g/mol. The molecule has 4 heteroatoms. The molecule has 3 aromatic rings. The minimum Gasteiger partial charge on any atom is -0.488 e. The van der Waals surface area contributed by atoms with Crippen LogP contribution in [0.25, 0.3) is 10.9 Å². The Morgan fingerprint density at radius 3 is 2.82 bits per heavy atom. The Morgan fingerprint density at radius 1 is 1.18 bits per heavy atom. The van der Waals surface area contributed by atoms with Crippen LogP contribution >= 0.6 is 11.6 Å². The van der Waals surface area contributed by atoms with Crippen molar-refractivity contribution in [1.29, 1.82) is 5.26 Å². The highest BCUT2D eigenvalue weighted by atomic mass is 35.5. The first-order valence-electron chi connectivity index (χ1n) is 6.85. The number of nitrogens with zero attached hydrogens (tertiary/aromatic N) is 2. The molecule has 0 unspecified atom stereocenters. The first-order valence-corrected chi connectivity index (χ1v) is 7.23. The average Bonchev–Trinajstić information content (AvgIpc) is 2.52. The van der Waals surface area contributed by atoms with Crippen LogP contribution in [0.15, 0.2) is 48.5 Å². The lowest BCUT2D eigenvalue weighted by Crippen LogP contribution is -1.97. The van der Waals surface area contributed by atoms with E-state index in [4.69, 9.17) is 21.6 Å². The van der Waals surface area contributed by atoms with Gasteiger partial charge in [0.15, 0.2) is 0 Å². The molecule has 0 aliphatic heterocycles. The van der Waals surface area contributed by atoms with Gasteiger partial charge in [0.05, 0.1) is 16.1 Å². The molecule has 0 fully saturated rings. The van der Waals surface area contributed by atoms with Gasteiger partial charge in [0.2, 0.25) is 0 Å². The lowest BCUT2D eigenvalue weighted by atomic mass is 10.1. The van der Waals surface area contributed by atoms with Crippen LogP contribution in [-0.4, -0.2) is 4.98 Å². The third-order valence-corrected chi connectivity index (χ3v) is 3.67. The van der Waals surface area contributed by atoms with Crippen LogP contribution in [0.1, 0.15) is 16.8 Å². The fourth-order valence-electron chi connectivity index (χ4n) is 2.29. The fraction of sp³-hybridized carbons (Fsp3) is 0.111. The SMILES string of the molecule is Cc1cc(Cl)c2ccc(COc3ccccc3C#N)cc2n1. The minimum absolute atomic E-state index is 0.377. The Morgan fingerprint density at radius 2 is 2.00 bits per heavy atom. The first-order chi connectivity index (χ1) is 10.7. The molecule has 0 saturated heterocycles. The summed E-state index contributed by atoms with van der Waals surface area (Å²) in [6.45, 7) is 2.29. The summed E-state index contributed by atoms with van der Waals surface area (Å²) in [5, 5.41) is 10.7. The zero-order valence-corrected chi connectivity index (χ0v) is 12.8. The molecule has 0 spiro atoms. The molecule has 108 valence electrons. The highest BCUT2D eigenvalue weighted by Crippen LogP contribution is 2.25. The van der Waals surface area contributed by atoms with Gasteiger partial charge < -0.3 is 4.74 Å². The summed E-state index contributed by atoms with van der Waals surface area (Å²) in [6, 6.07) is 17.0. The zero-order chi connectivity index (χ0) is 15.5. The predicted molar refractivity (Wildman–Crippen MR) is 87.0 cm³/mol. The molecule has 0 bridgehead atoms. The Bertz CT molecular complexity index is 884. The van der Waals surface area contributed by atoms with Crippen molar-refractivity contribution in [3.05, 3.63) is 70.4 Å². The smallest absolute Gasteiger partial charge is 0.137 e. The van der Waals surface area contributed by atoms with E-state index in [9.17, 15) is 0 Å². The van der Waals surface area contributed by atoms with E-state index in [-0.39, 0.29) is 0 Å². The van der Waals surface area contributed by atoms with Crippen molar-refractivity contribution >= 4 is 22.5 Å². The second-order valence-electron chi connectivity index (χ2n) is 4.99. The highest BCUT2D eigenvalue weighted by Gasteiger charge is 2.06. The van der Waals surface area contributed by atoms with Gasteiger partial charge in [0.25, 0.3) is 0 Å². The molecule has 3 nitrogen and oxygen atoms in total. The number of rotatable bonds is 3. The second-order valence-corrected chi connectivity index (χ2v) is 5.40. The van der Waals surface area contributed by atoms with Crippen molar-refractivity contribution in [2.75, 3.05) is 0 Å². The summed E-state index contributed by atoms with van der Waals surface area (Å²) in [7, 11) is 0. The van der Waals surface area contributed by atoms with Gasteiger partial charge in [-0.05, 0) is 36.8 Å². The maximum atomic E-state index is 9.06. The van der Waals surface area contributed by atoms with Crippen LogP contribution in [0.5, 0.6) is 5.75 Å². The zero-order valence-electron chi connectivity index (χ0n) is 12.0. The van der Waals surface area contributed by atoms with Crippen molar-refractivity contribution in [2.45, 2.75) is 13.5 Å². The summed E-state index contributed by atoms with van der Waals surface area (Å²) in [6.07, 6.45) is 0. The number of hydrogen-bond donors (Lipinski definition) is 0. The standard InChI is InChI=1S/C18H13ClN2O/c1-12-8-16(19)15-7-6-13(9-17(15)21-12)11-22-18-5-3-2-4-14(18)10-20/h2-9H,11H2,1H3. The number of aromatic nitrogens is 1. The van der Waals surface area contributed by atoms with Gasteiger partial charge in [0, 0.05) is 11.1 Å². The Labute approximate surface area is 133 Å². The summed E-state index contributed by atoms with van der Waals surface area (Å²) in [5.74, 6) is 0.584. The number of halogens is 1. The third kappa shape index (κ3) is 2.88. The fourth-order valence-corrected chi connectivity index (χ4v) is 2.61. The second kappa shape index (κ2) is 6.05. The van der Waals surface area contributed by atoms with Gasteiger partial charge in [-0.15, -0.1) is 0 Å². The Hall–Kier alpha value is -2.57. The molecular weight excluding hydrogens is 296 g/mol. The van der Waals surface area contributed by atoms with Crippen LogP contribution in [0.2, 0.25) is 5.02 Å². The summed E-state index contributed by atoms with van der Waals surface area (Å²) in [4.78, 5) is 4.49. The maximum Gasteiger partial charge on any atom is 0.137 e. The van der Waals surface area contributed by atoms with Gasteiger partial charge in [-0.2, -0.15) is 5.26 Å². The van der Waals surface area contributed by atoms with E-state index < -0.39 is 0 Å². The molecule has 0 aliphatic rings. The van der Waals surface area contributed by atoms with Crippen LogP contribution in [-0.2, 0) is 6.61 Å². The van der Waals surface area contributed by atoms with Gasteiger partial charge in [-0.1, -0.05) is 35.9 Å². The number of aryl methyl sites for hydroxylation is 1. The van der Waals surface area contributed by atoms with E-state index >= 15 is 0 Å². The van der Waals surface area contributed by atoms with Crippen LogP contribution in [0, 0.1) is 18.3 Å². The number of fused-ring (bicyclic) bond motifs is 1. The lowest BCUT2D eigenvalue weighted by molar-refractivity contribution is 0.305. The Balaban J connectivity index is 1.87. The van der Waals surface area contributed by atoms with Crippen molar-refractivity contribution in [1.82, 2.24) is 4.98 Å². The third-order valence-electron chi connectivity index (χ3n) is 3.35. The van der Waals surface area contributed by atoms with E-state index in [0.29, 0.717) is 22.9 Å². The van der Waals surface area contributed by atoms with E-state index in [1.54, 1.807) is 12.1 Å². The maximum absolute atomic E-state index is 9.06. The largest absolute Gasteiger partial charge is 0.488 e. The number of nitriles is 1. The molecule has 0 atom stereocenters. The molecule has 0 amide bonds. The lowest BCUT2D eigenvalue weighted by Gasteiger charge is -2.09. The quantitative estimate of drug-likeness (QED) is 0.707. The molecule has 3 rings (SSSR count). The number of hydrogen-bond acceptors (Lipinski definition) is 3. The predicted octanol–water partition coefficient (Wildman–Crippen LogP) is 4.65. The first kappa shape index (κ1) is 14.4. The number of para-hydroxylation sites is 1. The molecule has 0 radical (unpaired) electrons. The van der Waals surface area contributed by atoms with Gasteiger partial charge in [-0.3, -0.25) is 4.98 Å². The molecule has 1 heterocycles. The number of pyridine rings is 1. The van der Waals surface area contributed by atoms with Gasteiger partial charge >= 0.3 is 0 Å². The molecule has 2 aromatic carbocycles. The summed E-state index contributed by atoms with van der Waals surface area (Å²) < 4.78 is 5.74. The summed E-state index contributed by atoms with van der Waals surface area (Å²) >= 11 is 6.22. The normalized spacial score (nSPS) is 10.4. The van der Waals surface area contributed by atoms with E-state index in [1.807, 2.05) is 43.3 Å². The van der Waals surface area contributed by atoms with E-state index in [2.05, 4.69) is 11.1 Å². The number of benzene rings is 2. The van der Waals surface area contributed by atoms with Crippen molar-refractivity contribution in [3.8, 4) is 11.8 Å². The van der Waals surface area contributed by atoms with Crippen molar-refractivity contribution in [2.24, 2.45) is 0 Å². The highest BCUT2D eigenvalue weighted by molar-refractivity contribution is 6.35. The van der Waals surface area contributed by atoms with Crippen molar-refractivity contribution < 1.29 is 4.74 Å². The molecule has 0 saturated carbocycles. The van der Waals surface area contributed by atoms with Crippen LogP contribution in [0.3, 0.4) is 0 Å². The molecule has 0 N–H and O–H groups in total. The van der Waals surface area contributed by atoms with Crippen LogP contribution < -0.4 is 4.74 Å². The topological polar surface area (TPSA) is 45.9 Å². The molecular formula is C18H13ClN2O.